The fourth-order valence-corrected chi connectivity index (χ4v) is 2.15. The van der Waals surface area contributed by atoms with Gasteiger partial charge in [0.25, 0.3) is 0 Å². The van der Waals surface area contributed by atoms with Gasteiger partial charge >= 0.3 is 5.82 Å². The Morgan fingerprint density at radius 1 is 1.20 bits per heavy atom. The number of nitrogens with zero attached hydrogens (tertiary/aromatic N) is 3. The molecular formula is C12H20N3+. The molecule has 0 amide bonds. The Balaban J connectivity index is 3.56. The Morgan fingerprint density at radius 3 is 2.07 bits per heavy atom. The maximum absolute atomic E-state index is 9.24. The molecule has 0 aliphatic heterocycles. The second-order valence-electron chi connectivity index (χ2n) is 4.53. The smallest absolute Gasteiger partial charge is 0.216 e. The lowest BCUT2D eigenvalue weighted by molar-refractivity contribution is -0.723. The molecule has 0 fully saturated rings. The first-order valence-electron chi connectivity index (χ1n) is 5.44. The minimum absolute atomic E-state index is 0.332. The van der Waals surface area contributed by atoms with Crippen molar-refractivity contribution in [3.63, 3.8) is 0 Å². The summed E-state index contributed by atoms with van der Waals surface area (Å²) >= 11 is 0. The fraction of sp³-hybridized carbons (Fsp3) is 0.667. The lowest BCUT2D eigenvalue weighted by Crippen LogP contribution is -2.41. The molecule has 0 radical (unpaired) electrons. The van der Waals surface area contributed by atoms with Crippen LogP contribution in [0.15, 0.2) is 0 Å². The zero-order valence-electron chi connectivity index (χ0n) is 10.5. The number of aromatic nitrogens is 2. The average Bonchev–Trinajstić information content (AvgIpc) is 2.39. The highest BCUT2D eigenvalue weighted by Gasteiger charge is 2.28. The normalized spacial score (nSPS) is 11.1. The molecule has 0 spiro atoms. The van der Waals surface area contributed by atoms with E-state index in [1.54, 1.807) is 0 Å². The van der Waals surface area contributed by atoms with Gasteiger partial charge in [0.1, 0.15) is 11.4 Å². The van der Waals surface area contributed by atoms with Gasteiger partial charge in [-0.05, 0) is 27.7 Å². The predicted octanol–water partition coefficient (Wildman–Crippen LogP) is 2.43. The molecule has 0 aromatic carbocycles. The number of hydrogen-bond acceptors (Lipinski definition) is 1. The first-order valence-corrected chi connectivity index (χ1v) is 5.44. The van der Waals surface area contributed by atoms with Crippen LogP contribution in [0.25, 0.3) is 0 Å². The van der Waals surface area contributed by atoms with E-state index in [9.17, 15) is 5.26 Å². The molecule has 0 unspecified atom stereocenters. The molecule has 1 aromatic rings. The molecule has 0 aliphatic carbocycles. The van der Waals surface area contributed by atoms with Crippen LogP contribution in [0.3, 0.4) is 0 Å². The third-order valence-electron chi connectivity index (χ3n) is 2.84. The van der Waals surface area contributed by atoms with E-state index in [2.05, 4.69) is 56.7 Å². The van der Waals surface area contributed by atoms with E-state index in [0.717, 1.165) is 5.82 Å². The highest BCUT2D eigenvalue weighted by atomic mass is 15.2. The number of imidazole rings is 1. The maximum atomic E-state index is 9.24. The Hall–Kier alpha value is -1.30. The molecule has 0 N–H and O–H groups in total. The standard InChI is InChI=1S/C12H20N3/c1-8(2)14-10(5)11(6)15(9(3)4)12(14)7-13/h8-9H,1-6H3/q+1. The molecule has 0 atom stereocenters. The molecule has 0 saturated carbocycles. The zero-order chi connectivity index (χ0) is 11.7. The van der Waals surface area contributed by atoms with E-state index in [0.29, 0.717) is 12.1 Å². The van der Waals surface area contributed by atoms with Gasteiger partial charge < -0.3 is 0 Å². The number of rotatable bonds is 2. The van der Waals surface area contributed by atoms with Crippen LogP contribution < -0.4 is 4.57 Å². The van der Waals surface area contributed by atoms with E-state index in [1.165, 1.54) is 11.4 Å². The Kier molecular flexibility index (Phi) is 3.18. The summed E-state index contributed by atoms with van der Waals surface area (Å²) in [5, 5.41) is 9.24. The molecule has 0 aliphatic rings. The molecule has 0 bridgehead atoms. The second kappa shape index (κ2) is 4.06. The van der Waals surface area contributed by atoms with E-state index in [4.69, 9.17) is 0 Å². The van der Waals surface area contributed by atoms with Gasteiger partial charge in [0.2, 0.25) is 0 Å². The summed E-state index contributed by atoms with van der Waals surface area (Å²) in [6, 6.07) is 2.98. The van der Waals surface area contributed by atoms with Gasteiger partial charge in [-0.15, -0.1) is 0 Å². The van der Waals surface area contributed by atoms with Gasteiger partial charge in [0, 0.05) is 13.8 Å². The molecule has 3 heteroatoms. The summed E-state index contributed by atoms with van der Waals surface area (Å²) in [6.45, 7) is 12.6. The first-order chi connectivity index (χ1) is 6.91. The number of hydrogen-bond donors (Lipinski definition) is 0. The van der Waals surface area contributed by atoms with Gasteiger partial charge in [-0.25, -0.2) is 9.13 Å². The van der Waals surface area contributed by atoms with Crippen molar-refractivity contribution >= 4 is 0 Å². The van der Waals surface area contributed by atoms with Crippen LogP contribution in [0.1, 0.15) is 57.0 Å². The topological polar surface area (TPSA) is 32.6 Å². The summed E-state index contributed by atoms with van der Waals surface area (Å²) in [5.74, 6) is 0.759. The Labute approximate surface area is 92.0 Å². The van der Waals surface area contributed by atoms with Crippen LogP contribution in [-0.2, 0) is 0 Å². The van der Waals surface area contributed by atoms with Crippen molar-refractivity contribution < 1.29 is 4.57 Å². The van der Waals surface area contributed by atoms with Crippen molar-refractivity contribution in [1.29, 1.82) is 5.26 Å². The average molecular weight is 206 g/mol. The number of nitriles is 1. The lowest BCUT2D eigenvalue weighted by atomic mass is 10.3. The third kappa shape index (κ3) is 1.77. The largest absolute Gasteiger partial charge is 0.362 e. The minimum Gasteiger partial charge on any atom is -0.216 e. The zero-order valence-corrected chi connectivity index (χ0v) is 10.5. The molecular weight excluding hydrogens is 186 g/mol. The second-order valence-corrected chi connectivity index (χ2v) is 4.53. The van der Waals surface area contributed by atoms with Gasteiger partial charge in [0.15, 0.2) is 6.07 Å². The molecule has 1 aromatic heterocycles. The van der Waals surface area contributed by atoms with Crippen LogP contribution in [0.4, 0.5) is 0 Å². The van der Waals surface area contributed by atoms with E-state index >= 15 is 0 Å². The summed E-state index contributed by atoms with van der Waals surface area (Å²) in [7, 11) is 0. The first kappa shape index (κ1) is 11.8. The third-order valence-corrected chi connectivity index (χ3v) is 2.84. The van der Waals surface area contributed by atoms with Crippen molar-refractivity contribution in [3.8, 4) is 6.07 Å². The minimum atomic E-state index is 0.332. The summed E-state index contributed by atoms with van der Waals surface area (Å²) in [5.41, 5.74) is 2.38. The van der Waals surface area contributed by atoms with Crippen LogP contribution in [0.5, 0.6) is 0 Å². The van der Waals surface area contributed by atoms with Crippen molar-refractivity contribution in [2.24, 2.45) is 0 Å². The van der Waals surface area contributed by atoms with Crippen LogP contribution in [-0.4, -0.2) is 4.57 Å². The molecule has 82 valence electrons. The molecule has 3 nitrogen and oxygen atoms in total. The molecule has 1 rings (SSSR count). The summed E-state index contributed by atoms with van der Waals surface area (Å²) in [4.78, 5) is 0. The summed E-state index contributed by atoms with van der Waals surface area (Å²) in [6.07, 6.45) is 0. The van der Waals surface area contributed by atoms with E-state index < -0.39 is 0 Å². The van der Waals surface area contributed by atoms with Gasteiger partial charge in [-0.1, -0.05) is 0 Å². The van der Waals surface area contributed by atoms with E-state index in [-0.39, 0.29) is 0 Å². The quantitative estimate of drug-likeness (QED) is 0.684. The van der Waals surface area contributed by atoms with Crippen molar-refractivity contribution in [3.05, 3.63) is 17.2 Å². The maximum Gasteiger partial charge on any atom is 0.362 e. The van der Waals surface area contributed by atoms with Crippen molar-refractivity contribution in [1.82, 2.24) is 4.57 Å². The lowest BCUT2D eigenvalue weighted by Gasteiger charge is -2.04. The molecule has 0 saturated heterocycles. The summed E-state index contributed by atoms with van der Waals surface area (Å²) < 4.78 is 4.21. The highest BCUT2D eigenvalue weighted by molar-refractivity contribution is 5.16. The van der Waals surface area contributed by atoms with Crippen LogP contribution in [0.2, 0.25) is 0 Å². The van der Waals surface area contributed by atoms with Crippen molar-refractivity contribution in [2.75, 3.05) is 0 Å². The fourth-order valence-electron chi connectivity index (χ4n) is 2.15. The Bertz CT molecular complexity index is 374. The van der Waals surface area contributed by atoms with Gasteiger partial charge in [-0.2, -0.15) is 5.26 Å². The SMILES string of the molecule is Cc1c(C)[n+](C(C)C)c(C#N)n1C(C)C. The van der Waals surface area contributed by atoms with Crippen LogP contribution >= 0.6 is 0 Å². The highest BCUT2D eigenvalue weighted by Crippen LogP contribution is 2.16. The Morgan fingerprint density at radius 2 is 1.73 bits per heavy atom. The monoisotopic (exact) mass is 206 g/mol. The molecule has 1 heterocycles. The van der Waals surface area contributed by atoms with Crippen molar-refractivity contribution in [2.45, 2.75) is 53.6 Å². The van der Waals surface area contributed by atoms with E-state index in [1.807, 2.05) is 0 Å². The molecule has 15 heavy (non-hydrogen) atoms. The van der Waals surface area contributed by atoms with Crippen LogP contribution in [0, 0.1) is 25.2 Å². The predicted molar refractivity (Wildman–Crippen MR) is 59.6 cm³/mol. The van der Waals surface area contributed by atoms with Gasteiger partial charge in [0.05, 0.1) is 12.1 Å². The van der Waals surface area contributed by atoms with Gasteiger partial charge in [-0.3, -0.25) is 0 Å².